The number of rotatable bonds is 5. The largest absolute Gasteiger partial charge is 0.319 e. The lowest BCUT2D eigenvalue weighted by molar-refractivity contribution is 0.215. The lowest BCUT2D eigenvalue weighted by Crippen LogP contribution is -2.28. The van der Waals surface area contributed by atoms with Crippen molar-refractivity contribution in [3.63, 3.8) is 0 Å². The first-order valence-corrected chi connectivity index (χ1v) is 6.38. The summed E-state index contributed by atoms with van der Waals surface area (Å²) in [4.78, 5) is 0. The molecule has 1 unspecified atom stereocenters. The van der Waals surface area contributed by atoms with Gasteiger partial charge in [0.15, 0.2) is 0 Å². The van der Waals surface area contributed by atoms with Crippen LogP contribution in [-0.4, -0.2) is 13.6 Å². The van der Waals surface area contributed by atoms with Gasteiger partial charge in [0.1, 0.15) is 0 Å². The highest BCUT2D eigenvalue weighted by molar-refractivity contribution is 4.76. The van der Waals surface area contributed by atoms with Crippen molar-refractivity contribution in [3.8, 4) is 0 Å². The second-order valence-corrected chi connectivity index (χ2v) is 5.35. The number of nitrogens with one attached hydrogen (secondary N) is 1. The molecular weight excluding hydrogens is 170 g/mol. The van der Waals surface area contributed by atoms with Gasteiger partial charge in [-0.3, -0.25) is 0 Å². The normalized spacial score (nSPS) is 21.4. The van der Waals surface area contributed by atoms with Gasteiger partial charge in [0, 0.05) is 0 Å². The molecule has 84 valence electrons. The van der Waals surface area contributed by atoms with E-state index in [1.165, 1.54) is 45.1 Å². The molecule has 0 aromatic heterocycles. The average Bonchev–Trinajstić information content (AvgIpc) is 2.18. The van der Waals surface area contributed by atoms with Crippen LogP contribution in [0, 0.1) is 17.8 Å². The van der Waals surface area contributed by atoms with Gasteiger partial charge in [-0.1, -0.05) is 46.0 Å². The van der Waals surface area contributed by atoms with E-state index in [-0.39, 0.29) is 0 Å². The Morgan fingerprint density at radius 3 is 2.29 bits per heavy atom. The predicted octanol–water partition coefficient (Wildman–Crippen LogP) is 3.45. The van der Waals surface area contributed by atoms with Crippen molar-refractivity contribution < 1.29 is 0 Å². The molecule has 1 atom stereocenters. The van der Waals surface area contributed by atoms with Gasteiger partial charge < -0.3 is 5.32 Å². The molecule has 1 aliphatic rings. The fraction of sp³-hybridized carbons (Fsp3) is 1.00. The minimum atomic E-state index is 0.857. The van der Waals surface area contributed by atoms with E-state index in [0.717, 1.165) is 17.8 Å². The Kier molecular flexibility index (Phi) is 5.54. The third kappa shape index (κ3) is 4.00. The summed E-state index contributed by atoms with van der Waals surface area (Å²) in [7, 11) is 2.09. The van der Waals surface area contributed by atoms with Gasteiger partial charge in [-0.05, 0) is 37.8 Å². The van der Waals surface area contributed by atoms with Crippen molar-refractivity contribution in [1.82, 2.24) is 5.32 Å². The Balaban J connectivity index is 2.38. The van der Waals surface area contributed by atoms with Crippen LogP contribution in [-0.2, 0) is 0 Å². The standard InChI is InChI=1S/C13H27N/c1-11(2)9-13(10-14-3)12-7-5-4-6-8-12/h11-14H,4-10H2,1-3H3. The van der Waals surface area contributed by atoms with Crippen LogP contribution in [0.1, 0.15) is 52.4 Å². The van der Waals surface area contributed by atoms with Crippen LogP contribution in [0.5, 0.6) is 0 Å². The average molecular weight is 197 g/mol. The Labute approximate surface area is 89.7 Å². The summed E-state index contributed by atoms with van der Waals surface area (Å²) in [5.74, 6) is 2.80. The second-order valence-electron chi connectivity index (χ2n) is 5.35. The minimum absolute atomic E-state index is 0.857. The zero-order valence-corrected chi connectivity index (χ0v) is 10.2. The number of hydrogen-bond donors (Lipinski definition) is 1. The predicted molar refractivity (Wildman–Crippen MR) is 63.4 cm³/mol. The van der Waals surface area contributed by atoms with E-state index in [2.05, 4.69) is 26.2 Å². The molecule has 1 fully saturated rings. The molecule has 0 aromatic carbocycles. The molecule has 0 radical (unpaired) electrons. The van der Waals surface area contributed by atoms with Crippen molar-refractivity contribution in [1.29, 1.82) is 0 Å². The molecule has 0 bridgehead atoms. The Morgan fingerprint density at radius 1 is 1.14 bits per heavy atom. The van der Waals surface area contributed by atoms with E-state index in [1.807, 2.05) is 0 Å². The maximum atomic E-state index is 3.37. The van der Waals surface area contributed by atoms with Crippen LogP contribution in [0.25, 0.3) is 0 Å². The topological polar surface area (TPSA) is 12.0 Å². The summed E-state index contributed by atoms with van der Waals surface area (Å²) in [5.41, 5.74) is 0. The van der Waals surface area contributed by atoms with Crippen LogP contribution < -0.4 is 5.32 Å². The molecule has 0 amide bonds. The maximum absolute atomic E-state index is 3.37. The lowest BCUT2D eigenvalue weighted by atomic mass is 9.76. The first-order valence-electron chi connectivity index (χ1n) is 6.38. The third-order valence-corrected chi connectivity index (χ3v) is 3.56. The Morgan fingerprint density at radius 2 is 1.79 bits per heavy atom. The molecule has 0 saturated heterocycles. The molecule has 0 heterocycles. The highest BCUT2D eigenvalue weighted by atomic mass is 14.8. The summed E-state index contributed by atoms with van der Waals surface area (Å²) < 4.78 is 0. The number of hydrogen-bond acceptors (Lipinski definition) is 1. The van der Waals surface area contributed by atoms with Crippen LogP contribution in [0.15, 0.2) is 0 Å². The fourth-order valence-corrected chi connectivity index (χ4v) is 2.92. The smallest absolute Gasteiger partial charge is 0.00208 e. The molecule has 1 nitrogen and oxygen atoms in total. The van der Waals surface area contributed by atoms with Crippen molar-refractivity contribution in [3.05, 3.63) is 0 Å². The molecular formula is C13H27N. The maximum Gasteiger partial charge on any atom is -0.00208 e. The monoisotopic (exact) mass is 197 g/mol. The van der Waals surface area contributed by atoms with Crippen molar-refractivity contribution in [2.24, 2.45) is 17.8 Å². The quantitative estimate of drug-likeness (QED) is 0.712. The first kappa shape index (κ1) is 12.0. The highest BCUT2D eigenvalue weighted by Crippen LogP contribution is 2.32. The summed E-state index contributed by atoms with van der Waals surface area (Å²) in [5, 5.41) is 3.37. The SMILES string of the molecule is CNCC(CC(C)C)C1CCCCC1. The summed E-state index contributed by atoms with van der Waals surface area (Å²) in [6.07, 6.45) is 8.81. The van der Waals surface area contributed by atoms with Crippen LogP contribution in [0.2, 0.25) is 0 Å². The Bertz CT molecular complexity index is 136. The van der Waals surface area contributed by atoms with Gasteiger partial charge in [0.2, 0.25) is 0 Å². The molecule has 1 N–H and O–H groups in total. The van der Waals surface area contributed by atoms with E-state index in [0.29, 0.717) is 0 Å². The third-order valence-electron chi connectivity index (χ3n) is 3.56. The highest BCUT2D eigenvalue weighted by Gasteiger charge is 2.23. The van der Waals surface area contributed by atoms with Crippen molar-refractivity contribution in [2.45, 2.75) is 52.4 Å². The molecule has 0 aliphatic heterocycles. The molecule has 1 rings (SSSR count). The van der Waals surface area contributed by atoms with Crippen molar-refractivity contribution in [2.75, 3.05) is 13.6 Å². The van der Waals surface area contributed by atoms with E-state index in [4.69, 9.17) is 0 Å². The molecule has 1 aliphatic carbocycles. The summed E-state index contributed by atoms with van der Waals surface area (Å²) in [6.45, 7) is 5.93. The van der Waals surface area contributed by atoms with E-state index < -0.39 is 0 Å². The zero-order valence-electron chi connectivity index (χ0n) is 10.2. The van der Waals surface area contributed by atoms with Gasteiger partial charge in [0.05, 0.1) is 0 Å². The Hall–Kier alpha value is -0.0400. The van der Waals surface area contributed by atoms with Gasteiger partial charge in [-0.15, -0.1) is 0 Å². The van der Waals surface area contributed by atoms with Gasteiger partial charge in [-0.25, -0.2) is 0 Å². The minimum Gasteiger partial charge on any atom is -0.319 e. The molecule has 0 aromatic rings. The molecule has 1 heteroatoms. The first-order chi connectivity index (χ1) is 6.74. The van der Waals surface area contributed by atoms with Gasteiger partial charge in [-0.2, -0.15) is 0 Å². The van der Waals surface area contributed by atoms with Crippen LogP contribution in [0.3, 0.4) is 0 Å². The lowest BCUT2D eigenvalue weighted by Gasteiger charge is -2.31. The zero-order chi connectivity index (χ0) is 10.4. The molecule has 14 heavy (non-hydrogen) atoms. The van der Waals surface area contributed by atoms with Gasteiger partial charge in [0.25, 0.3) is 0 Å². The second kappa shape index (κ2) is 6.44. The fourth-order valence-electron chi connectivity index (χ4n) is 2.92. The summed E-state index contributed by atoms with van der Waals surface area (Å²) in [6, 6.07) is 0. The van der Waals surface area contributed by atoms with Crippen molar-refractivity contribution >= 4 is 0 Å². The molecule has 0 spiro atoms. The van der Waals surface area contributed by atoms with E-state index in [9.17, 15) is 0 Å². The summed E-state index contributed by atoms with van der Waals surface area (Å²) >= 11 is 0. The van der Waals surface area contributed by atoms with Crippen LogP contribution >= 0.6 is 0 Å². The van der Waals surface area contributed by atoms with Crippen LogP contribution in [0.4, 0.5) is 0 Å². The van der Waals surface area contributed by atoms with E-state index in [1.54, 1.807) is 0 Å². The molecule has 1 saturated carbocycles. The van der Waals surface area contributed by atoms with E-state index >= 15 is 0 Å². The van der Waals surface area contributed by atoms with Gasteiger partial charge >= 0.3 is 0 Å².